The number of nitrogens with zero attached hydrogens (tertiary/aromatic N) is 1. The average molecular weight is 190 g/mol. The Morgan fingerprint density at radius 1 is 1.21 bits per heavy atom. The van der Waals surface area contributed by atoms with Gasteiger partial charge in [0.15, 0.2) is 0 Å². The molecule has 0 unspecified atom stereocenters. The summed E-state index contributed by atoms with van der Waals surface area (Å²) in [5, 5.41) is 0. The van der Waals surface area contributed by atoms with Crippen LogP contribution in [0.5, 0.6) is 0 Å². The van der Waals surface area contributed by atoms with Crippen LogP contribution < -0.4 is 10.6 Å². The molecule has 1 saturated heterocycles. The lowest BCUT2D eigenvalue weighted by Crippen LogP contribution is -2.37. The molecule has 14 heavy (non-hydrogen) atoms. The molecule has 0 radical (unpaired) electrons. The fourth-order valence-corrected chi connectivity index (χ4v) is 2.15. The summed E-state index contributed by atoms with van der Waals surface area (Å²) in [4.78, 5) is 2.48. The molecule has 0 saturated carbocycles. The predicted molar refractivity (Wildman–Crippen MR) is 61.5 cm³/mol. The number of hydrogen-bond donors (Lipinski definition) is 1. The lowest BCUT2D eigenvalue weighted by molar-refractivity contribution is 0.485. The zero-order chi connectivity index (χ0) is 9.97. The fourth-order valence-electron chi connectivity index (χ4n) is 2.15. The minimum atomic E-state index is 0.673. The summed E-state index contributed by atoms with van der Waals surface area (Å²) in [7, 11) is 0. The second-order valence-electron chi connectivity index (χ2n) is 4.13. The van der Waals surface area contributed by atoms with Crippen molar-refractivity contribution in [3.8, 4) is 0 Å². The summed E-state index contributed by atoms with van der Waals surface area (Å²) in [5.41, 5.74) is 7.83. The molecule has 1 fully saturated rings. The zero-order valence-electron chi connectivity index (χ0n) is 8.74. The van der Waals surface area contributed by atoms with Gasteiger partial charge in [-0.2, -0.15) is 0 Å². The normalized spacial score (nSPS) is 22.4. The highest BCUT2D eigenvalue weighted by Crippen LogP contribution is 2.24. The summed E-state index contributed by atoms with van der Waals surface area (Å²) < 4.78 is 0. The van der Waals surface area contributed by atoms with Gasteiger partial charge in [-0.25, -0.2) is 0 Å². The second kappa shape index (κ2) is 3.91. The summed E-state index contributed by atoms with van der Waals surface area (Å²) in [6, 6.07) is 8.88. The van der Waals surface area contributed by atoms with E-state index in [1.165, 1.54) is 31.5 Å². The fraction of sp³-hybridized carbons (Fsp3) is 0.500. The summed E-state index contributed by atoms with van der Waals surface area (Å²) in [6.07, 6.45) is 3.99. The predicted octanol–water partition coefficient (Wildman–Crippen LogP) is 2.65. The molecule has 0 aliphatic carbocycles. The van der Waals surface area contributed by atoms with Gasteiger partial charge in [-0.15, -0.1) is 0 Å². The molecule has 2 N–H and O–H groups in total. The van der Waals surface area contributed by atoms with Gasteiger partial charge < -0.3 is 10.6 Å². The molecule has 0 amide bonds. The number of rotatable bonds is 1. The molecule has 1 aromatic carbocycles. The van der Waals surface area contributed by atoms with Gasteiger partial charge in [0.1, 0.15) is 0 Å². The average Bonchev–Trinajstić information content (AvgIpc) is 2.20. The van der Waals surface area contributed by atoms with Crippen LogP contribution in [0.25, 0.3) is 0 Å². The maximum Gasteiger partial charge on any atom is 0.0370 e. The SMILES string of the molecule is C[C@@H]1CCCCN1c1ccc(N)cc1. The van der Waals surface area contributed by atoms with E-state index in [0.717, 1.165) is 5.69 Å². The van der Waals surface area contributed by atoms with Gasteiger partial charge in [-0.1, -0.05) is 0 Å². The van der Waals surface area contributed by atoms with Gasteiger partial charge in [0.25, 0.3) is 0 Å². The molecule has 1 aromatic rings. The third-order valence-corrected chi connectivity index (χ3v) is 3.03. The van der Waals surface area contributed by atoms with E-state index < -0.39 is 0 Å². The molecule has 1 aliphatic rings. The van der Waals surface area contributed by atoms with Gasteiger partial charge >= 0.3 is 0 Å². The highest BCUT2D eigenvalue weighted by molar-refractivity contribution is 5.53. The van der Waals surface area contributed by atoms with Crippen LogP contribution in [0, 0.1) is 0 Å². The van der Waals surface area contributed by atoms with E-state index in [0.29, 0.717) is 6.04 Å². The van der Waals surface area contributed by atoms with Gasteiger partial charge in [-0.3, -0.25) is 0 Å². The van der Waals surface area contributed by atoms with E-state index in [-0.39, 0.29) is 0 Å². The number of nitrogen functional groups attached to an aromatic ring is 1. The Balaban J connectivity index is 2.16. The maximum absolute atomic E-state index is 5.67. The highest BCUT2D eigenvalue weighted by atomic mass is 15.2. The summed E-state index contributed by atoms with van der Waals surface area (Å²) >= 11 is 0. The molecule has 1 atom stereocenters. The molecule has 2 rings (SSSR count). The number of benzene rings is 1. The van der Waals surface area contributed by atoms with Crippen LogP contribution in [0.15, 0.2) is 24.3 Å². The van der Waals surface area contributed by atoms with Crippen molar-refractivity contribution in [2.24, 2.45) is 0 Å². The Bertz CT molecular complexity index is 292. The third kappa shape index (κ3) is 1.84. The van der Waals surface area contributed by atoms with Crippen molar-refractivity contribution in [2.45, 2.75) is 32.2 Å². The van der Waals surface area contributed by atoms with E-state index in [1.807, 2.05) is 12.1 Å². The monoisotopic (exact) mass is 190 g/mol. The van der Waals surface area contributed by atoms with Crippen molar-refractivity contribution in [1.29, 1.82) is 0 Å². The van der Waals surface area contributed by atoms with Gasteiger partial charge in [0.05, 0.1) is 0 Å². The molecule has 1 heterocycles. The largest absolute Gasteiger partial charge is 0.399 e. The van der Waals surface area contributed by atoms with E-state index in [9.17, 15) is 0 Å². The minimum absolute atomic E-state index is 0.673. The third-order valence-electron chi connectivity index (χ3n) is 3.03. The first kappa shape index (κ1) is 9.38. The molecule has 1 aliphatic heterocycles. The van der Waals surface area contributed by atoms with Crippen LogP contribution >= 0.6 is 0 Å². The van der Waals surface area contributed by atoms with Crippen LogP contribution in [0.4, 0.5) is 11.4 Å². The van der Waals surface area contributed by atoms with Crippen LogP contribution in [0.2, 0.25) is 0 Å². The van der Waals surface area contributed by atoms with Crippen molar-refractivity contribution in [3.63, 3.8) is 0 Å². The smallest absolute Gasteiger partial charge is 0.0370 e. The summed E-state index contributed by atoms with van der Waals surface area (Å²) in [6.45, 7) is 3.49. The second-order valence-corrected chi connectivity index (χ2v) is 4.13. The molecule has 0 bridgehead atoms. The molecule has 2 heteroatoms. The Labute approximate surface area is 85.7 Å². The van der Waals surface area contributed by atoms with Gasteiger partial charge in [0.2, 0.25) is 0 Å². The molecule has 0 spiro atoms. The lowest BCUT2D eigenvalue weighted by atomic mass is 10.0. The Kier molecular flexibility index (Phi) is 2.62. The Hall–Kier alpha value is -1.18. The van der Waals surface area contributed by atoms with Gasteiger partial charge in [-0.05, 0) is 50.5 Å². The van der Waals surface area contributed by atoms with Crippen molar-refractivity contribution < 1.29 is 0 Å². The zero-order valence-corrected chi connectivity index (χ0v) is 8.74. The molecular weight excluding hydrogens is 172 g/mol. The number of nitrogens with two attached hydrogens (primary N) is 1. The molecular formula is C12H18N2. The number of piperidine rings is 1. The van der Waals surface area contributed by atoms with E-state index >= 15 is 0 Å². The van der Waals surface area contributed by atoms with Crippen LogP contribution in [0.1, 0.15) is 26.2 Å². The topological polar surface area (TPSA) is 29.3 Å². The number of hydrogen-bond acceptors (Lipinski definition) is 2. The van der Waals surface area contributed by atoms with E-state index in [4.69, 9.17) is 5.73 Å². The van der Waals surface area contributed by atoms with Crippen molar-refractivity contribution in [1.82, 2.24) is 0 Å². The molecule has 2 nitrogen and oxygen atoms in total. The summed E-state index contributed by atoms with van der Waals surface area (Å²) in [5.74, 6) is 0. The van der Waals surface area contributed by atoms with Crippen LogP contribution in [-0.2, 0) is 0 Å². The first-order valence-corrected chi connectivity index (χ1v) is 5.39. The number of anilines is 2. The highest BCUT2D eigenvalue weighted by Gasteiger charge is 2.17. The Morgan fingerprint density at radius 2 is 1.93 bits per heavy atom. The van der Waals surface area contributed by atoms with Crippen molar-refractivity contribution >= 4 is 11.4 Å². The molecule has 76 valence electrons. The quantitative estimate of drug-likeness (QED) is 0.690. The lowest BCUT2D eigenvalue weighted by Gasteiger charge is -2.35. The first-order chi connectivity index (χ1) is 6.77. The van der Waals surface area contributed by atoms with Gasteiger partial charge in [0, 0.05) is 24.0 Å². The standard InChI is InChI=1S/C12H18N2/c1-10-4-2-3-9-14(10)12-7-5-11(13)6-8-12/h5-8,10H,2-4,9,13H2,1H3/t10-/m1/s1. The minimum Gasteiger partial charge on any atom is -0.399 e. The van der Waals surface area contributed by atoms with Crippen LogP contribution in [-0.4, -0.2) is 12.6 Å². The molecule has 0 aromatic heterocycles. The first-order valence-electron chi connectivity index (χ1n) is 5.39. The Morgan fingerprint density at radius 3 is 2.57 bits per heavy atom. The van der Waals surface area contributed by atoms with Crippen molar-refractivity contribution in [2.75, 3.05) is 17.2 Å². The van der Waals surface area contributed by atoms with Crippen LogP contribution in [0.3, 0.4) is 0 Å². The van der Waals surface area contributed by atoms with E-state index in [2.05, 4.69) is 24.0 Å². The van der Waals surface area contributed by atoms with Crippen molar-refractivity contribution in [3.05, 3.63) is 24.3 Å². The van der Waals surface area contributed by atoms with E-state index in [1.54, 1.807) is 0 Å². The maximum atomic E-state index is 5.67.